The molecule has 144 valence electrons. The minimum absolute atomic E-state index is 0.0316. The molecule has 1 saturated heterocycles. The predicted molar refractivity (Wildman–Crippen MR) is 102 cm³/mol. The van der Waals surface area contributed by atoms with Crippen molar-refractivity contribution in [3.8, 4) is 5.75 Å². The van der Waals surface area contributed by atoms with Crippen molar-refractivity contribution in [1.82, 2.24) is 15.1 Å². The van der Waals surface area contributed by atoms with E-state index in [9.17, 15) is 9.59 Å². The molecule has 2 rings (SSSR count). The average molecular weight is 361 g/mol. The van der Waals surface area contributed by atoms with Crippen LogP contribution in [0.1, 0.15) is 26.7 Å². The van der Waals surface area contributed by atoms with Gasteiger partial charge in [-0.25, -0.2) is 0 Å². The van der Waals surface area contributed by atoms with Gasteiger partial charge in [-0.15, -0.1) is 0 Å². The van der Waals surface area contributed by atoms with Crippen LogP contribution in [0.4, 0.5) is 0 Å². The van der Waals surface area contributed by atoms with E-state index in [4.69, 9.17) is 4.74 Å². The van der Waals surface area contributed by atoms with Gasteiger partial charge in [0.1, 0.15) is 11.8 Å². The monoisotopic (exact) mass is 361 g/mol. The maximum Gasteiger partial charge on any atom is 0.245 e. The first-order chi connectivity index (χ1) is 12.5. The number of carbonyl (C=O) groups is 2. The number of benzene rings is 1. The van der Waals surface area contributed by atoms with Crippen molar-refractivity contribution in [3.63, 3.8) is 0 Å². The second-order valence-corrected chi connectivity index (χ2v) is 7.29. The topological polar surface area (TPSA) is 61.9 Å². The molecule has 0 radical (unpaired) electrons. The molecule has 6 heteroatoms. The molecule has 6 nitrogen and oxygen atoms in total. The number of carbonyl (C=O) groups excluding carboxylic acids is 2. The van der Waals surface area contributed by atoms with Crippen LogP contribution in [-0.2, 0) is 9.59 Å². The van der Waals surface area contributed by atoms with Crippen LogP contribution in [0.3, 0.4) is 0 Å². The fraction of sp³-hybridized carbons (Fsp3) is 0.600. The maximum absolute atomic E-state index is 12.8. The first kappa shape index (κ1) is 20.2. The molecule has 0 unspecified atom stereocenters. The molecular weight excluding hydrogens is 330 g/mol. The van der Waals surface area contributed by atoms with E-state index in [0.717, 1.165) is 31.9 Å². The van der Waals surface area contributed by atoms with E-state index in [1.54, 1.807) is 0 Å². The van der Waals surface area contributed by atoms with Crippen LogP contribution in [-0.4, -0.2) is 67.5 Å². The van der Waals surface area contributed by atoms with Crippen molar-refractivity contribution >= 4 is 11.8 Å². The van der Waals surface area contributed by atoms with Crippen LogP contribution in [0.25, 0.3) is 0 Å². The number of likely N-dealkylation sites (N-methyl/N-ethyl adjacent to an activating group) is 1. The summed E-state index contributed by atoms with van der Waals surface area (Å²) in [5.41, 5.74) is 0. The third kappa shape index (κ3) is 6.67. The van der Waals surface area contributed by atoms with E-state index < -0.39 is 6.04 Å². The highest BCUT2D eigenvalue weighted by atomic mass is 16.5. The quantitative estimate of drug-likeness (QED) is 0.766. The first-order valence-electron chi connectivity index (χ1n) is 9.40. The standard InChI is InChI=1S/C20H31N3O3/c1-16(2)15-18(20(25)23-12-10-22(3)11-13-23)21-19(24)9-14-26-17-7-5-4-6-8-17/h4-8,16,18H,9-15H2,1-3H3,(H,21,24)/t18-/m0/s1. The number of nitrogens with zero attached hydrogens (tertiary/aromatic N) is 2. The second-order valence-electron chi connectivity index (χ2n) is 7.29. The number of amides is 2. The molecule has 0 bridgehead atoms. The molecule has 1 aliphatic heterocycles. The van der Waals surface area contributed by atoms with Gasteiger partial charge in [0.15, 0.2) is 0 Å². The predicted octanol–water partition coefficient (Wildman–Crippen LogP) is 1.76. The minimum Gasteiger partial charge on any atom is -0.493 e. The molecule has 1 N–H and O–H groups in total. The van der Waals surface area contributed by atoms with Crippen LogP contribution in [0, 0.1) is 5.92 Å². The Balaban J connectivity index is 1.83. The third-order valence-corrected chi connectivity index (χ3v) is 4.50. The smallest absolute Gasteiger partial charge is 0.245 e. The van der Waals surface area contributed by atoms with Crippen molar-refractivity contribution in [1.29, 1.82) is 0 Å². The molecule has 1 aromatic carbocycles. The summed E-state index contributed by atoms with van der Waals surface area (Å²) in [5, 5.41) is 2.92. The summed E-state index contributed by atoms with van der Waals surface area (Å²) in [4.78, 5) is 29.2. The van der Waals surface area contributed by atoms with Gasteiger partial charge in [-0.2, -0.15) is 0 Å². The number of nitrogens with one attached hydrogen (secondary N) is 1. The van der Waals surface area contributed by atoms with Crippen LogP contribution >= 0.6 is 0 Å². The minimum atomic E-state index is -0.456. The van der Waals surface area contributed by atoms with Gasteiger partial charge in [0.25, 0.3) is 0 Å². The van der Waals surface area contributed by atoms with Crippen LogP contribution in [0.2, 0.25) is 0 Å². The Bertz CT molecular complexity index is 569. The second kappa shape index (κ2) is 10.2. The van der Waals surface area contributed by atoms with E-state index in [2.05, 4.69) is 31.1 Å². The Kier molecular flexibility index (Phi) is 7.91. The molecule has 2 amide bonds. The van der Waals surface area contributed by atoms with Crippen LogP contribution < -0.4 is 10.1 Å². The SMILES string of the molecule is CC(C)C[C@H](NC(=O)CCOc1ccccc1)C(=O)N1CCN(C)CC1. The Labute approximate surface area is 156 Å². The van der Waals surface area contributed by atoms with Crippen molar-refractivity contribution in [2.24, 2.45) is 5.92 Å². The highest BCUT2D eigenvalue weighted by molar-refractivity contribution is 5.87. The molecule has 1 aromatic rings. The number of rotatable bonds is 8. The number of piperazine rings is 1. The molecule has 1 heterocycles. The highest BCUT2D eigenvalue weighted by Gasteiger charge is 2.28. The van der Waals surface area contributed by atoms with Gasteiger partial charge in [0.2, 0.25) is 11.8 Å². The first-order valence-corrected chi connectivity index (χ1v) is 9.40. The summed E-state index contributed by atoms with van der Waals surface area (Å²) >= 11 is 0. The number of para-hydroxylation sites is 1. The summed E-state index contributed by atoms with van der Waals surface area (Å²) < 4.78 is 5.57. The largest absolute Gasteiger partial charge is 0.493 e. The third-order valence-electron chi connectivity index (χ3n) is 4.50. The molecule has 1 aliphatic rings. The number of ether oxygens (including phenoxy) is 1. The molecule has 0 aliphatic carbocycles. The molecule has 0 aromatic heterocycles. The van der Waals surface area contributed by atoms with Crippen molar-refractivity contribution in [2.45, 2.75) is 32.7 Å². The van der Waals surface area contributed by atoms with Gasteiger partial charge in [-0.1, -0.05) is 32.0 Å². The Hall–Kier alpha value is -2.08. The Morgan fingerprint density at radius 3 is 2.38 bits per heavy atom. The van der Waals surface area contributed by atoms with Gasteiger partial charge in [-0.3, -0.25) is 9.59 Å². The lowest BCUT2D eigenvalue weighted by molar-refractivity contribution is -0.138. The van der Waals surface area contributed by atoms with Crippen molar-refractivity contribution in [2.75, 3.05) is 39.8 Å². The Morgan fingerprint density at radius 2 is 1.77 bits per heavy atom. The lowest BCUT2D eigenvalue weighted by atomic mass is 10.0. The van der Waals surface area contributed by atoms with Gasteiger partial charge in [-0.05, 0) is 31.5 Å². The summed E-state index contributed by atoms with van der Waals surface area (Å²) in [7, 11) is 2.06. The maximum atomic E-state index is 12.8. The molecule has 26 heavy (non-hydrogen) atoms. The molecule has 1 fully saturated rings. The lowest BCUT2D eigenvalue weighted by Crippen LogP contribution is -2.54. The summed E-state index contributed by atoms with van der Waals surface area (Å²) in [5.74, 6) is 0.961. The van der Waals surface area contributed by atoms with Gasteiger partial charge in [0, 0.05) is 26.2 Å². The van der Waals surface area contributed by atoms with E-state index in [0.29, 0.717) is 18.9 Å². The zero-order valence-corrected chi connectivity index (χ0v) is 16.1. The average Bonchev–Trinajstić information content (AvgIpc) is 2.62. The van der Waals surface area contributed by atoms with Gasteiger partial charge < -0.3 is 19.9 Å². The van der Waals surface area contributed by atoms with Gasteiger partial charge in [0.05, 0.1) is 13.0 Å². The molecular formula is C20H31N3O3. The van der Waals surface area contributed by atoms with Crippen LogP contribution in [0.15, 0.2) is 30.3 Å². The van der Waals surface area contributed by atoms with E-state index in [-0.39, 0.29) is 18.2 Å². The number of hydrogen-bond donors (Lipinski definition) is 1. The van der Waals surface area contributed by atoms with Crippen molar-refractivity contribution in [3.05, 3.63) is 30.3 Å². The fourth-order valence-corrected chi connectivity index (χ4v) is 2.98. The molecule has 1 atom stereocenters. The van der Waals surface area contributed by atoms with Crippen molar-refractivity contribution < 1.29 is 14.3 Å². The molecule has 0 spiro atoms. The number of hydrogen-bond acceptors (Lipinski definition) is 4. The fourth-order valence-electron chi connectivity index (χ4n) is 2.98. The molecule has 0 saturated carbocycles. The van der Waals surface area contributed by atoms with Crippen LogP contribution in [0.5, 0.6) is 5.75 Å². The zero-order valence-electron chi connectivity index (χ0n) is 16.1. The highest BCUT2D eigenvalue weighted by Crippen LogP contribution is 2.11. The lowest BCUT2D eigenvalue weighted by Gasteiger charge is -2.35. The normalized spacial score (nSPS) is 16.4. The van der Waals surface area contributed by atoms with Gasteiger partial charge >= 0.3 is 0 Å². The van der Waals surface area contributed by atoms with E-state index in [1.165, 1.54) is 0 Å². The Morgan fingerprint density at radius 1 is 1.12 bits per heavy atom. The zero-order chi connectivity index (χ0) is 18.9. The summed E-state index contributed by atoms with van der Waals surface area (Å²) in [6.45, 7) is 7.61. The summed E-state index contributed by atoms with van der Waals surface area (Å²) in [6.07, 6.45) is 0.885. The summed E-state index contributed by atoms with van der Waals surface area (Å²) in [6, 6.07) is 8.96. The van der Waals surface area contributed by atoms with E-state index >= 15 is 0 Å². The van der Waals surface area contributed by atoms with E-state index in [1.807, 2.05) is 35.2 Å².